The number of ether oxygens (including phenoxy) is 2. The minimum atomic E-state index is -2.91. The van der Waals surface area contributed by atoms with Crippen LogP contribution in [0.25, 0.3) is 0 Å². The number of carbonyl (C=O) groups is 2. The topological polar surface area (TPSA) is 67.9 Å². The molecule has 0 aliphatic rings. The Morgan fingerprint density at radius 1 is 0.970 bits per heavy atom. The quantitative estimate of drug-likeness (QED) is 0.504. The summed E-state index contributed by atoms with van der Waals surface area (Å²) in [6.07, 6.45) is 0. The molecule has 0 saturated heterocycles. The predicted octanol–water partition coefficient (Wildman–Crippen LogP) is 4.72. The Morgan fingerprint density at radius 3 is 2.33 bits per heavy atom. The molecule has 33 heavy (non-hydrogen) atoms. The lowest BCUT2D eigenvalue weighted by molar-refractivity contribution is -0.118. The van der Waals surface area contributed by atoms with Crippen LogP contribution in [-0.4, -0.2) is 37.0 Å². The van der Waals surface area contributed by atoms with Gasteiger partial charge in [0.15, 0.2) is 6.61 Å². The summed E-state index contributed by atoms with van der Waals surface area (Å²) >= 11 is 0. The van der Waals surface area contributed by atoms with E-state index in [0.717, 1.165) is 0 Å². The molecule has 0 aliphatic heterocycles. The van der Waals surface area contributed by atoms with Crippen molar-refractivity contribution in [2.24, 2.45) is 0 Å². The van der Waals surface area contributed by atoms with Crippen molar-refractivity contribution in [2.75, 3.05) is 19.0 Å². The lowest BCUT2D eigenvalue weighted by atomic mass is 10.1. The minimum Gasteiger partial charge on any atom is -0.483 e. The van der Waals surface area contributed by atoms with Gasteiger partial charge in [0, 0.05) is 13.6 Å². The van der Waals surface area contributed by atoms with Crippen LogP contribution in [0.1, 0.15) is 15.9 Å². The van der Waals surface area contributed by atoms with Crippen LogP contribution >= 0.6 is 0 Å². The molecule has 9 heteroatoms. The maximum absolute atomic E-state index is 13.7. The standard InChI is InChI=1S/C24H21F3N2O4/c1-29(14-16-10-12-17(13-11-16)33-24(26)27)23(31)18-6-2-5-9-21(18)32-15-22(30)28-20-8-4-3-7-19(20)25/h2-13,24H,14-15H2,1H3,(H,28,30). The van der Waals surface area contributed by atoms with Crippen molar-refractivity contribution in [2.45, 2.75) is 13.2 Å². The van der Waals surface area contributed by atoms with E-state index in [1.54, 1.807) is 49.5 Å². The number of halogens is 3. The van der Waals surface area contributed by atoms with Gasteiger partial charge in [0.05, 0.1) is 11.3 Å². The molecule has 3 aromatic rings. The van der Waals surface area contributed by atoms with E-state index < -0.39 is 24.9 Å². The number of alkyl halides is 2. The largest absolute Gasteiger partial charge is 0.483 e. The highest BCUT2D eigenvalue weighted by atomic mass is 19.3. The van der Waals surface area contributed by atoms with Gasteiger partial charge in [-0.1, -0.05) is 36.4 Å². The van der Waals surface area contributed by atoms with Gasteiger partial charge in [-0.15, -0.1) is 0 Å². The molecule has 0 saturated carbocycles. The van der Waals surface area contributed by atoms with Gasteiger partial charge in [0.1, 0.15) is 17.3 Å². The number of benzene rings is 3. The Morgan fingerprint density at radius 2 is 1.64 bits per heavy atom. The number of nitrogens with zero attached hydrogens (tertiary/aromatic N) is 1. The summed E-state index contributed by atoms with van der Waals surface area (Å²) in [6, 6.07) is 18.1. The van der Waals surface area contributed by atoms with E-state index >= 15 is 0 Å². The van der Waals surface area contributed by atoms with E-state index in [-0.39, 0.29) is 35.2 Å². The maximum Gasteiger partial charge on any atom is 0.387 e. The smallest absolute Gasteiger partial charge is 0.387 e. The fourth-order valence-corrected chi connectivity index (χ4v) is 2.99. The number of nitrogens with one attached hydrogen (secondary N) is 1. The first-order chi connectivity index (χ1) is 15.8. The number of carbonyl (C=O) groups excluding carboxylic acids is 2. The van der Waals surface area contributed by atoms with E-state index in [4.69, 9.17) is 4.74 Å². The molecule has 0 aromatic heterocycles. The summed E-state index contributed by atoms with van der Waals surface area (Å²) in [7, 11) is 1.58. The van der Waals surface area contributed by atoms with E-state index in [0.29, 0.717) is 5.56 Å². The van der Waals surface area contributed by atoms with Crippen molar-refractivity contribution in [1.29, 1.82) is 0 Å². The zero-order chi connectivity index (χ0) is 23.8. The monoisotopic (exact) mass is 458 g/mol. The Kier molecular flexibility index (Phi) is 7.91. The van der Waals surface area contributed by atoms with Crippen LogP contribution < -0.4 is 14.8 Å². The van der Waals surface area contributed by atoms with Crippen LogP contribution in [0, 0.1) is 5.82 Å². The van der Waals surface area contributed by atoms with Gasteiger partial charge >= 0.3 is 6.61 Å². The van der Waals surface area contributed by atoms with Crippen LogP contribution in [0.15, 0.2) is 72.8 Å². The summed E-state index contributed by atoms with van der Waals surface area (Å²) in [5.74, 6) is -1.31. The second-order valence-corrected chi connectivity index (χ2v) is 7.00. The maximum atomic E-state index is 13.7. The minimum absolute atomic E-state index is 0.0233. The van der Waals surface area contributed by atoms with Gasteiger partial charge in [-0.05, 0) is 42.0 Å². The zero-order valence-corrected chi connectivity index (χ0v) is 17.6. The van der Waals surface area contributed by atoms with Gasteiger partial charge < -0.3 is 19.7 Å². The Hall–Kier alpha value is -4.01. The SMILES string of the molecule is CN(Cc1ccc(OC(F)F)cc1)C(=O)c1ccccc1OCC(=O)Nc1ccccc1F. The van der Waals surface area contributed by atoms with Crippen molar-refractivity contribution >= 4 is 17.5 Å². The van der Waals surface area contributed by atoms with E-state index in [9.17, 15) is 22.8 Å². The van der Waals surface area contributed by atoms with Gasteiger partial charge in [-0.3, -0.25) is 9.59 Å². The molecule has 0 atom stereocenters. The molecule has 0 unspecified atom stereocenters. The molecule has 3 rings (SSSR count). The Balaban J connectivity index is 1.62. The van der Waals surface area contributed by atoms with Gasteiger partial charge in [-0.2, -0.15) is 8.78 Å². The molecule has 0 aliphatic carbocycles. The molecule has 172 valence electrons. The molecule has 1 N–H and O–H groups in total. The molecular formula is C24H21F3N2O4. The molecular weight excluding hydrogens is 437 g/mol. The van der Waals surface area contributed by atoms with Crippen LogP contribution in [-0.2, 0) is 11.3 Å². The van der Waals surface area contributed by atoms with E-state index in [1.165, 1.54) is 35.2 Å². The Bertz CT molecular complexity index is 1110. The summed E-state index contributed by atoms with van der Waals surface area (Å²) in [4.78, 5) is 26.5. The summed E-state index contributed by atoms with van der Waals surface area (Å²) in [6.45, 7) is -3.13. The van der Waals surface area contributed by atoms with Crippen LogP contribution in [0.4, 0.5) is 18.9 Å². The second kappa shape index (κ2) is 11.0. The summed E-state index contributed by atoms with van der Waals surface area (Å²) < 4.78 is 48.1. The fraction of sp³-hybridized carbons (Fsp3) is 0.167. The highest BCUT2D eigenvalue weighted by Gasteiger charge is 2.18. The predicted molar refractivity (Wildman–Crippen MR) is 116 cm³/mol. The van der Waals surface area contributed by atoms with Crippen molar-refractivity contribution < 1.29 is 32.2 Å². The van der Waals surface area contributed by atoms with E-state index in [2.05, 4.69) is 10.1 Å². The Labute approximate surface area is 188 Å². The number of para-hydroxylation sites is 2. The highest BCUT2D eigenvalue weighted by Crippen LogP contribution is 2.22. The second-order valence-electron chi connectivity index (χ2n) is 7.00. The fourth-order valence-electron chi connectivity index (χ4n) is 2.99. The summed E-state index contributed by atoms with van der Waals surface area (Å²) in [5.41, 5.74) is 0.964. The molecule has 0 spiro atoms. The third-order valence-corrected chi connectivity index (χ3v) is 4.54. The van der Waals surface area contributed by atoms with Crippen molar-refractivity contribution in [1.82, 2.24) is 4.90 Å². The number of anilines is 1. The van der Waals surface area contributed by atoms with Crippen LogP contribution in [0.3, 0.4) is 0 Å². The average molecular weight is 458 g/mol. The van der Waals surface area contributed by atoms with Gasteiger partial charge in [0.2, 0.25) is 0 Å². The van der Waals surface area contributed by atoms with Crippen LogP contribution in [0.5, 0.6) is 11.5 Å². The van der Waals surface area contributed by atoms with E-state index in [1.807, 2.05) is 0 Å². The zero-order valence-electron chi connectivity index (χ0n) is 17.6. The van der Waals surface area contributed by atoms with Crippen LogP contribution in [0.2, 0.25) is 0 Å². The molecule has 0 fully saturated rings. The molecule has 0 radical (unpaired) electrons. The molecule has 3 aromatic carbocycles. The molecule has 0 bridgehead atoms. The lowest BCUT2D eigenvalue weighted by Gasteiger charge is -2.19. The van der Waals surface area contributed by atoms with Crippen molar-refractivity contribution in [3.63, 3.8) is 0 Å². The molecule has 0 heterocycles. The van der Waals surface area contributed by atoms with Gasteiger partial charge in [0.25, 0.3) is 11.8 Å². The van der Waals surface area contributed by atoms with Crippen molar-refractivity contribution in [3.05, 3.63) is 89.7 Å². The number of hydrogen-bond acceptors (Lipinski definition) is 4. The first kappa shape index (κ1) is 23.6. The number of hydrogen-bond donors (Lipinski definition) is 1. The average Bonchev–Trinajstić information content (AvgIpc) is 2.80. The lowest BCUT2D eigenvalue weighted by Crippen LogP contribution is -2.27. The molecule has 6 nitrogen and oxygen atoms in total. The first-order valence-electron chi connectivity index (χ1n) is 9.89. The van der Waals surface area contributed by atoms with Gasteiger partial charge in [-0.25, -0.2) is 4.39 Å². The molecule has 2 amide bonds. The number of rotatable bonds is 9. The highest BCUT2D eigenvalue weighted by molar-refractivity contribution is 5.97. The summed E-state index contributed by atoms with van der Waals surface area (Å²) in [5, 5.41) is 2.41. The third kappa shape index (κ3) is 6.73. The van der Waals surface area contributed by atoms with Crippen molar-refractivity contribution in [3.8, 4) is 11.5 Å². The number of amides is 2. The third-order valence-electron chi connectivity index (χ3n) is 4.54. The normalized spacial score (nSPS) is 10.6. The first-order valence-corrected chi connectivity index (χ1v) is 9.89.